The van der Waals surface area contributed by atoms with Crippen molar-refractivity contribution in [3.8, 4) is 0 Å². The molecule has 1 aromatic carbocycles. The van der Waals surface area contributed by atoms with Crippen LogP contribution in [0.4, 0.5) is 17.5 Å². The molecule has 2 N–H and O–H groups in total. The predicted molar refractivity (Wildman–Crippen MR) is 87.5 cm³/mol. The van der Waals surface area contributed by atoms with Crippen LogP contribution in [0.25, 0.3) is 0 Å². The molecule has 5 nitrogen and oxygen atoms in total. The summed E-state index contributed by atoms with van der Waals surface area (Å²) in [7, 11) is 0. The van der Waals surface area contributed by atoms with Gasteiger partial charge in [-0.2, -0.15) is 10.1 Å². The molecule has 0 unspecified atom stereocenters. The number of halogens is 2. The first-order valence-corrected chi connectivity index (χ1v) is 7.46. The van der Waals surface area contributed by atoms with Crippen molar-refractivity contribution in [1.82, 2.24) is 15.2 Å². The van der Waals surface area contributed by atoms with Gasteiger partial charge in [0.15, 0.2) is 5.82 Å². The highest BCUT2D eigenvalue weighted by Crippen LogP contribution is 2.27. The first-order chi connectivity index (χ1) is 10.0. The molecule has 0 saturated carbocycles. The van der Waals surface area contributed by atoms with Gasteiger partial charge in [0.05, 0.1) is 16.9 Å². The van der Waals surface area contributed by atoms with Crippen molar-refractivity contribution >= 4 is 40.7 Å². The zero-order chi connectivity index (χ0) is 15.2. The van der Waals surface area contributed by atoms with Crippen molar-refractivity contribution in [2.24, 2.45) is 5.92 Å². The molecule has 2 aromatic rings. The smallest absolute Gasteiger partial charge is 0.244 e. The van der Waals surface area contributed by atoms with E-state index in [2.05, 4.69) is 39.7 Å². The Morgan fingerprint density at radius 1 is 1.24 bits per heavy atom. The fraction of sp³-hybridized carbons (Fsp3) is 0.357. The van der Waals surface area contributed by atoms with Crippen LogP contribution in [0.15, 0.2) is 24.4 Å². The zero-order valence-electron chi connectivity index (χ0n) is 11.9. The number of hydrogen-bond donors (Lipinski definition) is 2. The van der Waals surface area contributed by atoms with E-state index in [1.807, 2.05) is 0 Å². The Kier molecular flexibility index (Phi) is 5.59. The summed E-state index contributed by atoms with van der Waals surface area (Å²) in [5.41, 5.74) is 0.679. The van der Waals surface area contributed by atoms with Gasteiger partial charge in [0.25, 0.3) is 0 Å². The van der Waals surface area contributed by atoms with E-state index in [1.54, 1.807) is 18.2 Å². The lowest BCUT2D eigenvalue weighted by Gasteiger charge is -2.10. The van der Waals surface area contributed by atoms with E-state index in [0.717, 1.165) is 13.0 Å². The summed E-state index contributed by atoms with van der Waals surface area (Å²) >= 11 is 12.1. The van der Waals surface area contributed by atoms with Gasteiger partial charge in [-0.25, -0.2) is 0 Å². The summed E-state index contributed by atoms with van der Waals surface area (Å²) in [6.45, 7) is 5.14. The Balaban J connectivity index is 2.05. The van der Waals surface area contributed by atoms with Crippen LogP contribution in [0, 0.1) is 5.92 Å². The van der Waals surface area contributed by atoms with Crippen molar-refractivity contribution in [2.75, 3.05) is 17.2 Å². The second-order valence-corrected chi connectivity index (χ2v) is 5.87. The summed E-state index contributed by atoms with van der Waals surface area (Å²) < 4.78 is 0. The molecule has 1 aromatic heterocycles. The van der Waals surface area contributed by atoms with Gasteiger partial charge in [-0.1, -0.05) is 37.0 Å². The van der Waals surface area contributed by atoms with Gasteiger partial charge in [0.1, 0.15) is 0 Å². The third-order valence-electron chi connectivity index (χ3n) is 2.75. The van der Waals surface area contributed by atoms with Crippen molar-refractivity contribution in [3.63, 3.8) is 0 Å². The molecule has 0 aliphatic heterocycles. The van der Waals surface area contributed by atoms with Crippen LogP contribution in [0.5, 0.6) is 0 Å². The van der Waals surface area contributed by atoms with Crippen LogP contribution >= 0.6 is 23.2 Å². The lowest BCUT2D eigenvalue weighted by atomic mass is 10.1. The van der Waals surface area contributed by atoms with E-state index in [-0.39, 0.29) is 0 Å². The first-order valence-electron chi connectivity index (χ1n) is 6.70. The highest BCUT2D eigenvalue weighted by Gasteiger charge is 2.05. The largest absolute Gasteiger partial charge is 0.353 e. The van der Waals surface area contributed by atoms with Crippen LogP contribution in [-0.4, -0.2) is 21.7 Å². The van der Waals surface area contributed by atoms with Gasteiger partial charge in [-0.05, 0) is 30.5 Å². The number of anilines is 3. The maximum absolute atomic E-state index is 6.10. The molecule has 21 heavy (non-hydrogen) atoms. The monoisotopic (exact) mass is 325 g/mol. The van der Waals surface area contributed by atoms with Gasteiger partial charge in [-0.15, -0.1) is 5.10 Å². The third kappa shape index (κ3) is 5.02. The zero-order valence-corrected chi connectivity index (χ0v) is 13.4. The molecule has 112 valence electrons. The van der Waals surface area contributed by atoms with Gasteiger partial charge in [0.2, 0.25) is 5.95 Å². The van der Waals surface area contributed by atoms with Crippen LogP contribution in [0.1, 0.15) is 20.3 Å². The predicted octanol–water partition coefficient (Wildman–Crippen LogP) is 4.38. The standard InChI is InChI=1S/C14H17Cl2N5/c1-9(2)5-6-17-14-20-13(8-18-21-14)19-12-7-10(15)3-4-11(12)16/h3-4,7-9H,5-6H2,1-2H3,(H2,17,19,20,21). The number of hydrogen-bond acceptors (Lipinski definition) is 5. The number of rotatable bonds is 6. The molecule has 0 spiro atoms. The Morgan fingerprint density at radius 2 is 2.05 bits per heavy atom. The molecular formula is C14H17Cl2N5. The van der Waals surface area contributed by atoms with Crippen molar-refractivity contribution in [3.05, 3.63) is 34.4 Å². The first kappa shape index (κ1) is 15.8. The van der Waals surface area contributed by atoms with Crippen molar-refractivity contribution in [1.29, 1.82) is 0 Å². The van der Waals surface area contributed by atoms with Gasteiger partial charge >= 0.3 is 0 Å². The van der Waals surface area contributed by atoms with Gasteiger partial charge in [-0.3, -0.25) is 0 Å². The van der Waals surface area contributed by atoms with Crippen LogP contribution in [0.2, 0.25) is 10.0 Å². The van der Waals surface area contributed by atoms with Crippen LogP contribution in [0.3, 0.4) is 0 Å². The number of nitrogens with zero attached hydrogens (tertiary/aromatic N) is 3. The average Bonchev–Trinajstić information content (AvgIpc) is 2.43. The molecule has 0 aliphatic rings. The molecule has 7 heteroatoms. The maximum Gasteiger partial charge on any atom is 0.244 e. The Bertz CT molecular complexity index is 604. The maximum atomic E-state index is 6.10. The summed E-state index contributed by atoms with van der Waals surface area (Å²) in [4.78, 5) is 4.34. The fourth-order valence-electron chi connectivity index (χ4n) is 1.64. The molecule has 0 fully saturated rings. The van der Waals surface area contributed by atoms with E-state index in [9.17, 15) is 0 Å². The minimum atomic E-state index is 0.485. The molecule has 0 bridgehead atoms. The second-order valence-electron chi connectivity index (χ2n) is 5.02. The van der Waals surface area contributed by atoms with E-state index in [1.165, 1.54) is 6.20 Å². The van der Waals surface area contributed by atoms with Crippen molar-refractivity contribution in [2.45, 2.75) is 20.3 Å². The minimum Gasteiger partial charge on any atom is -0.353 e. The SMILES string of the molecule is CC(C)CCNc1nncc(Nc2cc(Cl)ccc2Cl)n1. The Morgan fingerprint density at radius 3 is 2.81 bits per heavy atom. The van der Waals surface area contributed by atoms with Crippen LogP contribution in [-0.2, 0) is 0 Å². The highest BCUT2D eigenvalue weighted by molar-refractivity contribution is 6.35. The van der Waals surface area contributed by atoms with E-state index in [0.29, 0.717) is 33.4 Å². The Labute approximate surface area is 134 Å². The molecule has 0 atom stereocenters. The molecule has 0 amide bonds. The topological polar surface area (TPSA) is 62.7 Å². The summed E-state index contributed by atoms with van der Waals surface area (Å²) in [5, 5.41) is 15.2. The fourth-order valence-corrected chi connectivity index (χ4v) is 1.98. The van der Waals surface area contributed by atoms with Crippen molar-refractivity contribution < 1.29 is 0 Å². The highest BCUT2D eigenvalue weighted by atomic mass is 35.5. The third-order valence-corrected chi connectivity index (χ3v) is 3.32. The molecule has 0 saturated heterocycles. The molecule has 2 rings (SSSR count). The van der Waals surface area contributed by atoms with Gasteiger partial charge in [0, 0.05) is 11.6 Å². The lowest BCUT2D eigenvalue weighted by Crippen LogP contribution is -2.09. The number of nitrogens with one attached hydrogen (secondary N) is 2. The number of benzene rings is 1. The van der Waals surface area contributed by atoms with Crippen LogP contribution < -0.4 is 10.6 Å². The molecule has 0 radical (unpaired) electrons. The quantitative estimate of drug-likeness (QED) is 0.825. The summed E-state index contributed by atoms with van der Waals surface area (Å²) in [6, 6.07) is 5.19. The van der Waals surface area contributed by atoms with E-state index < -0.39 is 0 Å². The second kappa shape index (κ2) is 7.43. The minimum absolute atomic E-state index is 0.485. The summed E-state index contributed by atoms with van der Waals surface area (Å²) in [5.74, 6) is 1.66. The molecule has 0 aliphatic carbocycles. The lowest BCUT2D eigenvalue weighted by molar-refractivity contribution is 0.605. The van der Waals surface area contributed by atoms with E-state index >= 15 is 0 Å². The Hall–Kier alpha value is -1.59. The van der Waals surface area contributed by atoms with Gasteiger partial charge < -0.3 is 10.6 Å². The normalized spacial score (nSPS) is 10.7. The average molecular weight is 326 g/mol. The number of aromatic nitrogens is 3. The molecular weight excluding hydrogens is 309 g/mol. The van der Waals surface area contributed by atoms with E-state index in [4.69, 9.17) is 23.2 Å². The molecule has 1 heterocycles. The summed E-state index contributed by atoms with van der Waals surface area (Å²) in [6.07, 6.45) is 2.58.